The van der Waals surface area contributed by atoms with Gasteiger partial charge in [0.1, 0.15) is 5.82 Å². The van der Waals surface area contributed by atoms with E-state index >= 15 is 0 Å². The molecule has 3 aromatic carbocycles. The van der Waals surface area contributed by atoms with Crippen molar-refractivity contribution in [2.45, 2.75) is 6.04 Å². The van der Waals surface area contributed by atoms with Crippen molar-refractivity contribution in [1.29, 1.82) is 0 Å². The van der Waals surface area contributed by atoms with Crippen LogP contribution < -0.4 is 11.1 Å². The average Bonchev–Trinajstić information content (AvgIpc) is 3.12. The molecule has 0 saturated heterocycles. The molecule has 0 aliphatic rings. The van der Waals surface area contributed by atoms with Gasteiger partial charge in [-0.3, -0.25) is 9.89 Å². The fourth-order valence-electron chi connectivity index (χ4n) is 3.24. The van der Waals surface area contributed by atoms with Gasteiger partial charge in [-0.05, 0) is 53.1 Å². The highest BCUT2D eigenvalue weighted by molar-refractivity contribution is 5.96. The number of aromatic amines is 1. The van der Waals surface area contributed by atoms with E-state index in [9.17, 15) is 13.6 Å². The molecule has 4 aromatic rings. The molecule has 5 nitrogen and oxygen atoms in total. The minimum atomic E-state index is -0.516. The molecule has 1 aromatic heterocycles. The third-order valence-electron chi connectivity index (χ3n) is 4.76. The van der Waals surface area contributed by atoms with Crippen LogP contribution in [-0.2, 0) is 0 Å². The van der Waals surface area contributed by atoms with Gasteiger partial charge in [0.15, 0.2) is 0 Å². The van der Waals surface area contributed by atoms with E-state index in [0.717, 1.165) is 11.1 Å². The molecular weight excluding hydrogens is 374 g/mol. The first kappa shape index (κ1) is 18.8. The third-order valence-corrected chi connectivity index (χ3v) is 4.76. The molecular formula is C22H18F2N4O. The summed E-state index contributed by atoms with van der Waals surface area (Å²) in [5.74, 6) is -1.22. The second-order valence-electron chi connectivity index (χ2n) is 6.67. The number of carbonyl (C=O) groups is 1. The van der Waals surface area contributed by atoms with E-state index in [1.165, 1.54) is 12.1 Å². The maximum atomic E-state index is 13.8. The van der Waals surface area contributed by atoms with Crippen LogP contribution in [0.25, 0.3) is 22.0 Å². The molecule has 29 heavy (non-hydrogen) atoms. The zero-order valence-corrected chi connectivity index (χ0v) is 15.3. The summed E-state index contributed by atoms with van der Waals surface area (Å²) in [5, 5.41) is 9.40. The van der Waals surface area contributed by atoms with Crippen molar-refractivity contribution in [1.82, 2.24) is 15.5 Å². The molecule has 1 amide bonds. The Morgan fingerprint density at radius 3 is 2.62 bits per heavy atom. The largest absolute Gasteiger partial charge is 0.344 e. The van der Waals surface area contributed by atoms with Crippen LogP contribution in [0.3, 0.4) is 0 Å². The fraction of sp³-hybridized carbons (Fsp3) is 0.0909. The standard InChI is InChI=1S/C22H18F2N4O/c23-17-6-2-4-15(10-17)20(12-25)26-22(29)16-5-1-3-13(9-16)14-7-8-19-18(11-14)21(24)28-27-19/h1-11,20H,12,25H2,(H,26,29)(H,27,28). The molecule has 4 N–H and O–H groups in total. The number of amides is 1. The fourth-order valence-corrected chi connectivity index (χ4v) is 3.24. The van der Waals surface area contributed by atoms with Crippen LogP contribution in [0.1, 0.15) is 22.0 Å². The zero-order valence-electron chi connectivity index (χ0n) is 15.3. The Balaban J connectivity index is 1.60. The van der Waals surface area contributed by atoms with Crippen molar-refractivity contribution in [2.24, 2.45) is 5.73 Å². The van der Waals surface area contributed by atoms with Gasteiger partial charge in [0.25, 0.3) is 5.91 Å². The van der Waals surface area contributed by atoms with Gasteiger partial charge in [-0.15, -0.1) is 0 Å². The van der Waals surface area contributed by atoms with Crippen molar-refractivity contribution in [3.63, 3.8) is 0 Å². The van der Waals surface area contributed by atoms with Gasteiger partial charge < -0.3 is 11.1 Å². The molecule has 0 bridgehead atoms. The highest BCUT2D eigenvalue weighted by Crippen LogP contribution is 2.26. The molecule has 4 rings (SSSR count). The van der Waals surface area contributed by atoms with Gasteiger partial charge in [-0.2, -0.15) is 9.49 Å². The summed E-state index contributed by atoms with van der Waals surface area (Å²) in [6.45, 7) is 0.130. The van der Waals surface area contributed by atoms with E-state index < -0.39 is 12.0 Å². The second kappa shape index (κ2) is 7.81. The number of nitrogens with one attached hydrogen (secondary N) is 2. The summed E-state index contributed by atoms with van der Waals surface area (Å²) in [6, 6.07) is 17.6. The number of nitrogens with two attached hydrogens (primary N) is 1. The summed E-state index contributed by atoms with van der Waals surface area (Å²) in [5.41, 5.74) is 8.84. The average molecular weight is 392 g/mol. The Morgan fingerprint density at radius 2 is 1.83 bits per heavy atom. The zero-order chi connectivity index (χ0) is 20.4. The molecule has 1 atom stereocenters. The summed E-state index contributed by atoms with van der Waals surface area (Å²) >= 11 is 0. The first-order valence-corrected chi connectivity index (χ1v) is 9.05. The van der Waals surface area contributed by atoms with Crippen LogP contribution in [0.5, 0.6) is 0 Å². The van der Waals surface area contributed by atoms with Crippen LogP contribution in [0.15, 0.2) is 66.7 Å². The number of aromatic nitrogens is 2. The number of rotatable bonds is 5. The maximum absolute atomic E-state index is 13.8. The summed E-state index contributed by atoms with van der Waals surface area (Å²) in [4.78, 5) is 12.7. The van der Waals surface area contributed by atoms with E-state index in [-0.39, 0.29) is 18.3 Å². The number of hydrogen-bond donors (Lipinski definition) is 3. The second-order valence-corrected chi connectivity index (χ2v) is 6.67. The molecule has 0 aliphatic heterocycles. The molecule has 1 heterocycles. The number of benzene rings is 3. The van der Waals surface area contributed by atoms with Crippen LogP contribution in [0.2, 0.25) is 0 Å². The molecule has 0 saturated carbocycles. The Morgan fingerprint density at radius 1 is 1.03 bits per heavy atom. The van der Waals surface area contributed by atoms with Crippen molar-refractivity contribution < 1.29 is 13.6 Å². The number of nitrogens with zero attached hydrogens (tertiary/aromatic N) is 1. The van der Waals surface area contributed by atoms with E-state index in [2.05, 4.69) is 15.5 Å². The SMILES string of the molecule is NCC(NC(=O)c1cccc(-c2ccc3n[nH]c(F)c3c2)c1)c1cccc(F)c1. The van der Waals surface area contributed by atoms with Gasteiger partial charge in [0, 0.05) is 12.1 Å². The van der Waals surface area contributed by atoms with Crippen LogP contribution in [0, 0.1) is 11.8 Å². The van der Waals surface area contributed by atoms with E-state index in [0.29, 0.717) is 22.0 Å². The molecule has 0 aliphatic carbocycles. The molecule has 0 fully saturated rings. The lowest BCUT2D eigenvalue weighted by Gasteiger charge is -2.17. The smallest absolute Gasteiger partial charge is 0.251 e. The van der Waals surface area contributed by atoms with E-state index in [4.69, 9.17) is 5.73 Å². The number of H-pyrrole nitrogens is 1. The van der Waals surface area contributed by atoms with Crippen LogP contribution in [0.4, 0.5) is 8.78 Å². The quantitative estimate of drug-likeness (QED) is 0.481. The first-order chi connectivity index (χ1) is 14.0. The first-order valence-electron chi connectivity index (χ1n) is 9.05. The normalized spacial score (nSPS) is 12.1. The lowest BCUT2D eigenvalue weighted by atomic mass is 10.0. The van der Waals surface area contributed by atoms with Gasteiger partial charge in [-0.25, -0.2) is 4.39 Å². The Kier molecular flexibility index (Phi) is 5.05. The van der Waals surface area contributed by atoms with Gasteiger partial charge in [0.05, 0.1) is 16.9 Å². The molecule has 7 heteroatoms. The van der Waals surface area contributed by atoms with Gasteiger partial charge in [0.2, 0.25) is 5.95 Å². The number of carbonyl (C=O) groups excluding carboxylic acids is 1. The van der Waals surface area contributed by atoms with Crippen LogP contribution >= 0.6 is 0 Å². The third kappa shape index (κ3) is 3.86. The molecule has 0 radical (unpaired) electrons. The van der Waals surface area contributed by atoms with Crippen molar-refractivity contribution in [2.75, 3.05) is 6.54 Å². The van der Waals surface area contributed by atoms with E-state index in [1.54, 1.807) is 42.5 Å². The molecule has 1 unspecified atom stereocenters. The highest BCUT2D eigenvalue weighted by atomic mass is 19.1. The summed E-state index contributed by atoms with van der Waals surface area (Å²) < 4.78 is 27.3. The Bertz CT molecular complexity index is 1190. The Hall–Kier alpha value is -3.58. The summed E-state index contributed by atoms with van der Waals surface area (Å²) in [6.07, 6.45) is 0. The number of fused-ring (bicyclic) bond motifs is 1. The van der Waals surface area contributed by atoms with Crippen molar-refractivity contribution >= 4 is 16.8 Å². The minimum absolute atomic E-state index is 0.130. The Labute approximate surface area is 165 Å². The highest BCUT2D eigenvalue weighted by Gasteiger charge is 2.16. The topological polar surface area (TPSA) is 83.8 Å². The van der Waals surface area contributed by atoms with Gasteiger partial charge in [-0.1, -0.05) is 30.3 Å². The molecule has 0 spiro atoms. The van der Waals surface area contributed by atoms with Crippen LogP contribution in [-0.4, -0.2) is 22.6 Å². The minimum Gasteiger partial charge on any atom is -0.344 e. The predicted octanol–water partition coefficient (Wildman–Crippen LogP) is 3.94. The number of halogens is 2. The maximum Gasteiger partial charge on any atom is 0.251 e. The lowest BCUT2D eigenvalue weighted by molar-refractivity contribution is 0.0937. The van der Waals surface area contributed by atoms with Gasteiger partial charge >= 0.3 is 0 Å². The lowest BCUT2D eigenvalue weighted by Crippen LogP contribution is -2.33. The van der Waals surface area contributed by atoms with Crippen molar-refractivity contribution in [3.8, 4) is 11.1 Å². The van der Waals surface area contributed by atoms with E-state index in [1.807, 2.05) is 12.1 Å². The summed E-state index contributed by atoms with van der Waals surface area (Å²) in [7, 11) is 0. The monoisotopic (exact) mass is 392 g/mol. The van der Waals surface area contributed by atoms with Crippen molar-refractivity contribution in [3.05, 3.63) is 89.6 Å². The predicted molar refractivity (Wildman–Crippen MR) is 107 cm³/mol. The molecule has 146 valence electrons. The number of hydrogen-bond acceptors (Lipinski definition) is 3.